The zero-order valence-electron chi connectivity index (χ0n) is 22.7. The lowest BCUT2D eigenvalue weighted by atomic mass is 10.2. The van der Waals surface area contributed by atoms with Crippen molar-refractivity contribution in [1.29, 1.82) is 0 Å². The molecule has 0 saturated heterocycles. The van der Waals surface area contributed by atoms with Crippen LogP contribution in [0.4, 0.5) is 27.5 Å². The predicted molar refractivity (Wildman–Crippen MR) is 152 cm³/mol. The number of imidazole rings is 1. The largest absolute Gasteiger partial charge is 1.00 e. The van der Waals surface area contributed by atoms with E-state index >= 15 is 0 Å². The van der Waals surface area contributed by atoms with E-state index in [0.29, 0.717) is 68.2 Å². The van der Waals surface area contributed by atoms with Gasteiger partial charge >= 0.3 is 5.82 Å². The van der Waals surface area contributed by atoms with E-state index < -0.39 is 4.92 Å². The highest BCUT2D eigenvalue weighted by Gasteiger charge is 2.30. The SMILES string of the molecule is CCc1nc([N+](=O)[O-])c(C[N+](C)(C)C/C=C/C(=O)Nc2cc3c(Nc4ccc(F)c(Br)c4)ncnc3cn2)n1C.[Br-]. The van der Waals surface area contributed by atoms with Gasteiger partial charge in [0.05, 0.1) is 36.8 Å². The molecule has 1 aromatic carbocycles. The van der Waals surface area contributed by atoms with Crippen LogP contribution in [0.3, 0.4) is 0 Å². The number of benzene rings is 1. The molecule has 12 nitrogen and oxygen atoms in total. The summed E-state index contributed by atoms with van der Waals surface area (Å²) in [5.41, 5.74) is 1.70. The first-order chi connectivity index (χ1) is 19.0. The summed E-state index contributed by atoms with van der Waals surface area (Å²) in [6.45, 7) is 2.70. The van der Waals surface area contributed by atoms with Crippen molar-refractivity contribution >= 4 is 55.9 Å². The number of aromatic nitrogens is 5. The third kappa shape index (κ3) is 7.68. The number of halogens is 3. The fourth-order valence-corrected chi connectivity index (χ4v) is 4.51. The second-order valence-corrected chi connectivity index (χ2v) is 10.6. The second-order valence-electron chi connectivity index (χ2n) is 9.70. The van der Waals surface area contributed by atoms with Crippen molar-refractivity contribution in [2.75, 3.05) is 31.3 Å². The van der Waals surface area contributed by atoms with Gasteiger partial charge in [-0.1, -0.05) is 6.92 Å². The first-order valence-electron chi connectivity index (χ1n) is 12.3. The Morgan fingerprint density at radius 3 is 2.68 bits per heavy atom. The van der Waals surface area contributed by atoms with Gasteiger partial charge in [-0.2, -0.15) is 0 Å². The van der Waals surface area contributed by atoms with Gasteiger partial charge in [0.1, 0.15) is 30.3 Å². The van der Waals surface area contributed by atoms with Crippen LogP contribution >= 0.6 is 15.9 Å². The molecule has 0 saturated carbocycles. The Morgan fingerprint density at radius 1 is 1.24 bits per heavy atom. The van der Waals surface area contributed by atoms with E-state index in [9.17, 15) is 19.3 Å². The maximum Gasteiger partial charge on any atom is 0.391 e. The third-order valence-corrected chi connectivity index (χ3v) is 6.78. The monoisotopic (exact) mass is 691 g/mol. The van der Waals surface area contributed by atoms with Gasteiger partial charge < -0.3 is 46.8 Å². The number of likely N-dealkylation sites (N-methyl/N-ethyl adjacent to an activating group) is 1. The standard InChI is InChI=1S/C26H27BrFN9O3.BrH/c1-5-23-34-26(36(39)40)21(35(23)2)14-37(3,4)10-6-7-24(38)33-22-12-17-20(13-29-22)30-15-31-25(17)32-16-8-9-19(28)18(27)11-16;/h6-9,11-13,15H,5,10,14H2,1-4H3,(H-,29,30,31,32,33,38);1H/b7-6+;. The molecule has 0 bridgehead atoms. The lowest BCUT2D eigenvalue weighted by Gasteiger charge is -2.28. The van der Waals surface area contributed by atoms with E-state index in [2.05, 4.69) is 46.5 Å². The van der Waals surface area contributed by atoms with Gasteiger partial charge in [-0.05, 0) is 56.2 Å². The quantitative estimate of drug-likeness (QED) is 0.111. The maximum atomic E-state index is 13.6. The van der Waals surface area contributed by atoms with Crippen molar-refractivity contribution in [2.45, 2.75) is 19.9 Å². The molecular formula is C26H28Br2FN9O3. The molecule has 4 rings (SSSR count). The summed E-state index contributed by atoms with van der Waals surface area (Å²) in [6.07, 6.45) is 6.60. The van der Waals surface area contributed by atoms with Crippen LogP contribution in [0.2, 0.25) is 0 Å². The lowest BCUT2D eigenvalue weighted by molar-refractivity contribution is -0.898. The van der Waals surface area contributed by atoms with Crippen molar-refractivity contribution in [2.24, 2.45) is 7.05 Å². The fourth-order valence-electron chi connectivity index (χ4n) is 4.13. The molecule has 1 amide bonds. The van der Waals surface area contributed by atoms with Gasteiger partial charge in [0.15, 0.2) is 5.69 Å². The minimum atomic E-state index is -0.459. The van der Waals surface area contributed by atoms with Crippen molar-refractivity contribution in [3.05, 3.63) is 80.9 Å². The molecule has 0 aliphatic rings. The number of quaternary nitrogens is 1. The molecule has 0 aliphatic heterocycles. The Balaban J connectivity index is 0.00000462. The Bertz CT molecular complexity index is 1630. The zero-order valence-corrected chi connectivity index (χ0v) is 25.9. The molecule has 0 unspecified atom stereocenters. The topological polar surface area (TPSA) is 141 Å². The van der Waals surface area contributed by atoms with E-state index in [0.717, 1.165) is 0 Å². The number of nitrogens with zero attached hydrogens (tertiary/aromatic N) is 7. The van der Waals surface area contributed by atoms with E-state index in [-0.39, 0.29) is 34.5 Å². The van der Waals surface area contributed by atoms with Crippen molar-refractivity contribution in [3.8, 4) is 0 Å². The van der Waals surface area contributed by atoms with Crippen molar-refractivity contribution in [3.63, 3.8) is 0 Å². The fraction of sp³-hybridized carbons (Fsp3) is 0.269. The van der Waals surface area contributed by atoms with Crippen LogP contribution in [0.15, 0.2) is 53.4 Å². The third-order valence-electron chi connectivity index (χ3n) is 6.18. The predicted octanol–water partition coefficient (Wildman–Crippen LogP) is 1.65. The van der Waals surface area contributed by atoms with Crippen LogP contribution in [0.5, 0.6) is 0 Å². The normalized spacial score (nSPS) is 11.5. The number of rotatable bonds is 10. The molecule has 41 heavy (non-hydrogen) atoms. The van der Waals surface area contributed by atoms with E-state index in [1.165, 1.54) is 24.7 Å². The smallest absolute Gasteiger partial charge is 0.391 e. The van der Waals surface area contributed by atoms with Gasteiger partial charge in [0.2, 0.25) is 11.7 Å². The van der Waals surface area contributed by atoms with Crippen molar-refractivity contribution < 1.29 is 35.6 Å². The molecule has 15 heteroatoms. The molecule has 4 aromatic rings. The Labute approximate surface area is 254 Å². The summed E-state index contributed by atoms with van der Waals surface area (Å²) in [4.78, 5) is 40.6. The van der Waals surface area contributed by atoms with Crippen LogP contribution in [0, 0.1) is 15.9 Å². The zero-order chi connectivity index (χ0) is 29.0. The lowest BCUT2D eigenvalue weighted by Crippen LogP contribution is -3.00. The minimum Gasteiger partial charge on any atom is -1.00 e. The number of aryl methyl sites for hydroxylation is 1. The number of nitro groups is 1. The summed E-state index contributed by atoms with van der Waals surface area (Å²) in [5.74, 6) is 0.499. The first-order valence-corrected chi connectivity index (χ1v) is 13.1. The molecule has 0 atom stereocenters. The summed E-state index contributed by atoms with van der Waals surface area (Å²) in [6, 6.07) is 6.15. The number of amides is 1. The summed E-state index contributed by atoms with van der Waals surface area (Å²) in [7, 11) is 5.62. The summed E-state index contributed by atoms with van der Waals surface area (Å²) in [5, 5.41) is 18.0. The number of nitrogens with one attached hydrogen (secondary N) is 2. The highest BCUT2D eigenvalue weighted by molar-refractivity contribution is 9.10. The molecule has 216 valence electrons. The van der Waals surface area contributed by atoms with Gasteiger partial charge in [-0.15, -0.1) is 0 Å². The molecule has 0 radical (unpaired) electrons. The number of hydrogen-bond acceptors (Lipinski definition) is 8. The summed E-state index contributed by atoms with van der Waals surface area (Å²) >= 11 is 3.17. The molecule has 3 heterocycles. The number of anilines is 3. The number of fused-ring (bicyclic) bond motifs is 1. The highest BCUT2D eigenvalue weighted by Crippen LogP contribution is 2.27. The number of pyridine rings is 1. The van der Waals surface area contributed by atoms with Crippen LogP contribution in [0.1, 0.15) is 18.4 Å². The molecule has 0 spiro atoms. The first kappa shape index (κ1) is 31.7. The van der Waals surface area contributed by atoms with Gasteiger partial charge in [0, 0.05) is 30.6 Å². The van der Waals surface area contributed by atoms with Gasteiger partial charge in [0.25, 0.3) is 0 Å². The average Bonchev–Trinajstić information content (AvgIpc) is 3.21. The van der Waals surface area contributed by atoms with Gasteiger partial charge in [-0.25, -0.2) is 19.3 Å². The van der Waals surface area contributed by atoms with Crippen LogP contribution in [0.25, 0.3) is 10.9 Å². The second kappa shape index (κ2) is 13.2. The Kier molecular flexibility index (Phi) is 10.2. The van der Waals surface area contributed by atoms with E-state index in [1.54, 1.807) is 35.9 Å². The van der Waals surface area contributed by atoms with E-state index in [1.807, 2.05) is 21.0 Å². The number of carbonyl (C=O) groups excluding carboxylic acids is 1. The van der Waals surface area contributed by atoms with Crippen LogP contribution in [-0.2, 0) is 24.8 Å². The average molecular weight is 693 g/mol. The molecule has 0 aliphatic carbocycles. The van der Waals surface area contributed by atoms with Crippen molar-refractivity contribution in [1.82, 2.24) is 24.5 Å². The minimum absolute atomic E-state index is 0. The number of hydrogen-bond donors (Lipinski definition) is 2. The van der Waals surface area contributed by atoms with Gasteiger partial charge in [-0.3, -0.25) is 4.79 Å². The van der Waals surface area contributed by atoms with Crippen LogP contribution < -0.4 is 27.6 Å². The molecule has 3 aromatic heterocycles. The molecular weight excluding hydrogens is 665 g/mol. The summed E-state index contributed by atoms with van der Waals surface area (Å²) < 4.78 is 16.1. The molecule has 2 N–H and O–H groups in total. The Hall–Kier alpha value is -3.82. The van der Waals surface area contributed by atoms with E-state index in [4.69, 9.17) is 0 Å². The number of carbonyl (C=O) groups is 1. The highest BCUT2D eigenvalue weighted by atomic mass is 79.9. The Morgan fingerprint density at radius 2 is 2.00 bits per heavy atom. The molecule has 0 fully saturated rings. The van der Waals surface area contributed by atoms with Crippen LogP contribution in [-0.4, -0.2) is 60.5 Å². The maximum absolute atomic E-state index is 13.6.